The van der Waals surface area contributed by atoms with E-state index < -0.39 is 5.97 Å². The van der Waals surface area contributed by atoms with Gasteiger partial charge in [0.15, 0.2) is 0 Å². The van der Waals surface area contributed by atoms with Crippen LogP contribution in [0.25, 0.3) is 0 Å². The van der Waals surface area contributed by atoms with Crippen molar-refractivity contribution < 1.29 is 19.4 Å². The molecule has 0 saturated heterocycles. The molecule has 0 heterocycles. The molecule has 2 fully saturated rings. The largest absolute Gasteiger partial charge is 0.481 e. The van der Waals surface area contributed by atoms with E-state index in [4.69, 9.17) is 9.84 Å². The van der Waals surface area contributed by atoms with Gasteiger partial charge < -0.3 is 20.1 Å². The van der Waals surface area contributed by atoms with Gasteiger partial charge in [-0.15, -0.1) is 0 Å². The number of hydrogen-bond donors (Lipinski definition) is 2. The molecule has 2 aliphatic rings. The minimum atomic E-state index is -0.821. The van der Waals surface area contributed by atoms with Crippen LogP contribution in [-0.2, 0) is 9.53 Å². The van der Waals surface area contributed by atoms with Gasteiger partial charge in [0.25, 0.3) is 0 Å². The molecule has 0 radical (unpaired) electrons. The maximum atomic E-state index is 12.6. The van der Waals surface area contributed by atoms with Gasteiger partial charge in [0.2, 0.25) is 0 Å². The molecule has 0 aromatic carbocycles. The number of hydrogen-bond acceptors (Lipinski definition) is 3. The SMILES string of the molecule is CCCN(C(=O)NCCCC(=O)O)C1CC(OCC)C12CCCC2. The van der Waals surface area contributed by atoms with E-state index in [1.54, 1.807) is 0 Å². The number of amides is 2. The zero-order valence-electron chi connectivity index (χ0n) is 15.1. The van der Waals surface area contributed by atoms with Crippen molar-refractivity contribution in [2.45, 2.75) is 77.4 Å². The Kier molecular flexibility index (Phi) is 6.90. The Labute approximate surface area is 144 Å². The number of rotatable bonds is 9. The highest BCUT2D eigenvalue weighted by Gasteiger charge is 2.59. The summed E-state index contributed by atoms with van der Waals surface area (Å²) in [6, 6.07) is 0.212. The lowest BCUT2D eigenvalue weighted by Gasteiger charge is -2.57. The van der Waals surface area contributed by atoms with Crippen LogP contribution in [0.15, 0.2) is 0 Å². The molecule has 2 amide bonds. The number of carbonyl (C=O) groups excluding carboxylic acids is 1. The Bertz CT molecular complexity index is 435. The number of carboxylic acids is 1. The van der Waals surface area contributed by atoms with Crippen LogP contribution < -0.4 is 5.32 Å². The van der Waals surface area contributed by atoms with Crippen molar-refractivity contribution >= 4 is 12.0 Å². The van der Waals surface area contributed by atoms with Gasteiger partial charge in [-0.25, -0.2) is 4.79 Å². The van der Waals surface area contributed by atoms with Crippen LogP contribution in [0, 0.1) is 5.41 Å². The van der Waals surface area contributed by atoms with E-state index in [-0.39, 0.29) is 30.0 Å². The van der Waals surface area contributed by atoms with E-state index in [1.165, 1.54) is 12.8 Å². The third-order valence-corrected chi connectivity index (χ3v) is 5.59. The summed E-state index contributed by atoms with van der Waals surface area (Å²) in [5.41, 5.74) is 0.142. The monoisotopic (exact) mass is 340 g/mol. The van der Waals surface area contributed by atoms with Crippen molar-refractivity contribution in [1.82, 2.24) is 10.2 Å². The Morgan fingerprint density at radius 3 is 2.58 bits per heavy atom. The first kappa shape index (κ1) is 19.0. The lowest BCUT2D eigenvalue weighted by Crippen LogP contribution is -2.66. The van der Waals surface area contributed by atoms with Crippen LogP contribution in [0.1, 0.15) is 65.2 Å². The van der Waals surface area contributed by atoms with Crippen LogP contribution in [0.4, 0.5) is 4.79 Å². The average Bonchev–Trinajstić information content (AvgIpc) is 3.06. The van der Waals surface area contributed by atoms with Crippen LogP contribution in [0.2, 0.25) is 0 Å². The number of ether oxygens (including phenoxy) is 1. The van der Waals surface area contributed by atoms with Gasteiger partial charge >= 0.3 is 12.0 Å². The minimum Gasteiger partial charge on any atom is -0.481 e. The van der Waals surface area contributed by atoms with Gasteiger partial charge in [-0.3, -0.25) is 4.79 Å². The minimum absolute atomic E-state index is 0.0477. The highest BCUT2D eigenvalue weighted by Crippen LogP contribution is 2.56. The molecule has 2 rings (SSSR count). The molecule has 0 aromatic heterocycles. The number of urea groups is 1. The van der Waals surface area contributed by atoms with Gasteiger partial charge in [-0.1, -0.05) is 19.8 Å². The molecule has 0 aromatic rings. The predicted octanol–water partition coefficient (Wildman–Crippen LogP) is 3.01. The summed E-state index contributed by atoms with van der Waals surface area (Å²) in [5.74, 6) is -0.821. The third kappa shape index (κ3) is 4.02. The van der Waals surface area contributed by atoms with Crippen molar-refractivity contribution in [3.05, 3.63) is 0 Å². The summed E-state index contributed by atoms with van der Waals surface area (Å²) >= 11 is 0. The second kappa shape index (κ2) is 8.70. The molecule has 2 aliphatic carbocycles. The Morgan fingerprint density at radius 1 is 1.29 bits per heavy atom. The zero-order chi connectivity index (χ0) is 17.6. The van der Waals surface area contributed by atoms with Crippen LogP contribution in [0.3, 0.4) is 0 Å². The van der Waals surface area contributed by atoms with E-state index >= 15 is 0 Å². The number of carbonyl (C=O) groups is 2. The highest BCUT2D eigenvalue weighted by molar-refractivity contribution is 5.75. The van der Waals surface area contributed by atoms with Crippen molar-refractivity contribution in [2.24, 2.45) is 5.41 Å². The normalized spacial score (nSPS) is 24.6. The average molecular weight is 340 g/mol. The summed E-state index contributed by atoms with van der Waals surface area (Å²) < 4.78 is 5.96. The molecule has 6 heteroatoms. The topological polar surface area (TPSA) is 78.9 Å². The summed E-state index contributed by atoms with van der Waals surface area (Å²) in [7, 11) is 0. The molecule has 6 nitrogen and oxygen atoms in total. The maximum Gasteiger partial charge on any atom is 0.317 e. The number of nitrogens with zero attached hydrogens (tertiary/aromatic N) is 1. The second-order valence-electron chi connectivity index (χ2n) is 7.06. The molecule has 0 bridgehead atoms. The Balaban J connectivity index is 1.96. The summed E-state index contributed by atoms with van der Waals surface area (Å²) in [5, 5.41) is 11.6. The van der Waals surface area contributed by atoms with E-state index in [2.05, 4.69) is 12.2 Å². The Hall–Kier alpha value is -1.30. The summed E-state index contributed by atoms with van der Waals surface area (Å²) in [6.45, 7) is 6.02. The summed E-state index contributed by atoms with van der Waals surface area (Å²) in [4.78, 5) is 25.2. The molecule has 0 aliphatic heterocycles. The standard InChI is InChI=1S/C18H32N2O4/c1-3-12-20(17(23)19-11-7-8-16(21)22)14-13-15(24-4-2)18(14)9-5-6-10-18/h14-15H,3-13H2,1-2H3,(H,19,23)(H,21,22). The first-order chi connectivity index (χ1) is 11.5. The predicted molar refractivity (Wildman–Crippen MR) is 92.0 cm³/mol. The van der Waals surface area contributed by atoms with Crippen molar-refractivity contribution in [3.63, 3.8) is 0 Å². The zero-order valence-corrected chi connectivity index (χ0v) is 15.1. The van der Waals surface area contributed by atoms with Gasteiger partial charge in [-0.2, -0.15) is 0 Å². The molecule has 1 spiro atoms. The van der Waals surface area contributed by atoms with Gasteiger partial charge in [-0.05, 0) is 39.0 Å². The third-order valence-electron chi connectivity index (χ3n) is 5.59. The van der Waals surface area contributed by atoms with Crippen molar-refractivity contribution in [2.75, 3.05) is 19.7 Å². The Morgan fingerprint density at radius 2 is 2.00 bits per heavy atom. The first-order valence-electron chi connectivity index (χ1n) is 9.43. The fraction of sp³-hybridized carbons (Fsp3) is 0.889. The number of nitrogens with one attached hydrogen (secondary N) is 1. The molecule has 2 unspecified atom stereocenters. The maximum absolute atomic E-state index is 12.6. The highest BCUT2D eigenvalue weighted by atomic mass is 16.5. The fourth-order valence-electron chi connectivity index (χ4n) is 4.46. The van der Waals surface area contributed by atoms with Crippen molar-refractivity contribution in [3.8, 4) is 0 Å². The van der Waals surface area contributed by atoms with Crippen LogP contribution in [0.5, 0.6) is 0 Å². The van der Waals surface area contributed by atoms with E-state index in [0.717, 1.165) is 38.8 Å². The number of carboxylic acid groups (broad SMARTS) is 1. The van der Waals surface area contributed by atoms with Gasteiger partial charge in [0.05, 0.1) is 6.10 Å². The lowest BCUT2D eigenvalue weighted by molar-refractivity contribution is -0.155. The molecular formula is C18H32N2O4. The smallest absolute Gasteiger partial charge is 0.317 e. The van der Waals surface area contributed by atoms with E-state index in [1.807, 2.05) is 11.8 Å². The van der Waals surface area contributed by atoms with Gasteiger partial charge in [0, 0.05) is 37.6 Å². The van der Waals surface area contributed by atoms with Crippen molar-refractivity contribution in [1.29, 1.82) is 0 Å². The van der Waals surface area contributed by atoms with E-state index in [0.29, 0.717) is 13.0 Å². The molecular weight excluding hydrogens is 308 g/mol. The quantitative estimate of drug-likeness (QED) is 0.632. The lowest BCUT2D eigenvalue weighted by atomic mass is 9.60. The summed E-state index contributed by atoms with van der Waals surface area (Å²) in [6.07, 6.45) is 7.44. The fourth-order valence-corrected chi connectivity index (χ4v) is 4.46. The molecule has 2 atom stereocenters. The van der Waals surface area contributed by atoms with Crippen LogP contribution >= 0.6 is 0 Å². The first-order valence-corrected chi connectivity index (χ1v) is 9.43. The molecule has 2 saturated carbocycles. The molecule has 24 heavy (non-hydrogen) atoms. The van der Waals surface area contributed by atoms with E-state index in [9.17, 15) is 9.59 Å². The number of aliphatic carboxylic acids is 1. The van der Waals surface area contributed by atoms with Gasteiger partial charge in [0.1, 0.15) is 0 Å². The van der Waals surface area contributed by atoms with Crippen LogP contribution in [-0.4, -0.2) is 53.8 Å². The molecule has 2 N–H and O–H groups in total. The second-order valence-corrected chi connectivity index (χ2v) is 7.06. The molecule has 138 valence electrons.